The maximum Gasteiger partial charge on any atom is 0.336 e. The smallest absolute Gasteiger partial charge is 0.336 e. The van der Waals surface area contributed by atoms with Crippen LogP contribution in [0.5, 0.6) is 17.4 Å². The van der Waals surface area contributed by atoms with Crippen molar-refractivity contribution in [2.75, 3.05) is 26.1 Å². The lowest BCUT2D eigenvalue weighted by molar-refractivity contribution is 0.198. The van der Waals surface area contributed by atoms with Crippen molar-refractivity contribution < 1.29 is 19.4 Å². The maximum absolute atomic E-state index is 13.4. The van der Waals surface area contributed by atoms with Gasteiger partial charge in [0.05, 0.1) is 32.0 Å². The number of imidazole rings is 1. The van der Waals surface area contributed by atoms with Crippen LogP contribution < -0.4 is 20.5 Å². The highest BCUT2D eigenvalue weighted by Gasteiger charge is 2.49. The molecule has 3 heterocycles. The van der Waals surface area contributed by atoms with Gasteiger partial charge in [-0.3, -0.25) is 4.57 Å². The number of nitrogens with zero attached hydrogens (tertiary/aromatic N) is 3. The number of methoxy groups -OCH3 is 2. The van der Waals surface area contributed by atoms with Gasteiger partial charge < -0.3 is 24.8 Å². The van der Waals surface area contributed by atoms with E-state index in [1.807, 2.05) is 42.5 Å². The molecule has 1 saturated heterocycles. The van der Waals surface area contributed by atoms with Crippen LogP contribution in [-0.4, -0.2) is 45.9 Å². The van der Waals surface area contributed by atoms with Crippen LogP contribution in [-0.2, 0) is 0 Å². The molecule has 0 spiro atoms. The molecule has 3 aromatic carbocycles. The van der Waals surface area contributed by atoms with Crippen molar-refractivity contribution in [3.8, 4) is 23.1 Å². The minimum Gasteiger partial charge on any atom is -0.497 e. The largest absolute Gasteiger partial charge is 0.497 e. The van der Waals surface area contributed by atoms with Gasteiger partial charge in [0.15, 0.2) is 0 Å². The average Bonchev–Trinajstić information content (AvgIpc) is 3.54. The molecular formula is C26H24N4O5. The van der Waals surface area contributed by atoms with Crippen molar-refractivity contribution in [2.45, 2.75) is 18.5 Å². The third-order valence-corrected chi connectivity index (χ3v) is 6.93. The number of nitrogens with one attached hydrogen (secondary N) is 1. The van der Waals surface area contributed by atoms with E-state index >= 15 is 0 Å². The zero-order valence-corrected chi connectivity index (χ0v) is 19.3. The Bertz CT molecular complexity index is 1510. The van der Waals surface area contributed by atoms with Gasteiger partial charge in [-0.15, -0.1) is 0 Å². The number of amides is 2. The van der Waals surface area contributed by atoms with Gasteiger partial charge in [0, 0.05) is 35.8 Å². The Morgan fingerprint density at radius 2 is 1.74 bits per heavy atom. The lowest BCUT2D eigenvalue weighted by Crippen LogP contribution is -2.40. The molecule has 6 rings (SSSR count). The highest BCUT2D eigenvalue weighted by molar-refractivity contribution is 5.91. The van der Waals surface area contributed by atoms with Crippen LogP contribution in [0, 0.1) is 0 Å². The van der Waals surface area contributed by atoms with E-state index in [-0.39, 0.29) is 23.6 Å². The van der Waals surface area contributed by atoms with Crippen molar-refractivity contribution in [1.29, 1.82) is 0 Å². The van der Waals surface area contributed by atoms with Crippen LogP contribution in [0.4, 0.5) is 10.5 Å². The van der Waals surface area contributed by atoms with E-state index in [1.165, 1.54) is 4.57 Å². The van der Waals surface area contributed by atoms with Crippen LogP contribution in [0.25, 0.3) is 16.5 Å². The SMILES string of the molecule is COc1cc(NC(=O)N2CC3CC2c2c(O)n(-c4cccc5ccccc45)c(=O)n23)cc(OC)c1. The van der Waals surface area contributed by atoms with Gasteiger partial charge in [0.25, 0.3) is 0 Å². The van der Waals surface area contributed by atoms with E-state index < -0.39 is 6.04 Å². The first kappa shape index (κ1) is 21.2. The summed E-state index contributed by atoms with van der Waals surface area (Å²) in [4.78, 5) is 28.3. The number of ether oxygens (including phenoxy) is 2. The molecule has 2 unspecified atom stereocenters. The summed E-state index contributed by atoms with van der Waals surface area (Å²) in [7, 11) is 3.09. The van der Waals surface area contributed by atoms with E-state index in [9.17, 15) is 14.7 Å². The van der Waals surface area contributed by atoms with Crippen LogP contribution in [0.2, 0.25) is 0 Å². The van der Waals surface area contributed by atoms with Gasteiger partial charge in [-0.25, -0.2) is 14.2 Å². The molecule has 178 valence electrons. The first-order chi connectivity index (χ1) is 17.0. The number of urea groups is 1. The molecule has 2 N–H and O–H groups in total. The molecule has 2 aliphatic heterocycles. The summed E-state index contributed by atoms with van der Waals surface area (Å²) in [5, 5.41) is 16.0. The second-order valence-corrected chi connectivity index (χ2v) is 8.78. The predicted molar refractivity (Wildman–Crippen MR) is 131 cm³/mol. The molecule has 35 heavy (non-hydrogen) atoms. The number of aromatic hydroxyl groups is 1. The Balaban J connectivity index is 1.36. The summed E-state index contributed by atoms with van der Waals surface area (Å²) < 4.78 is 13.6. The second-order valence-electron chi connectivity index (χ2n) is 8.78. The summed E-state index contributed by atoms with van der Waals surface area (Å²) in [6.07, 6.45) is 0.587. The molecular weight excluding hydrogens is 448 g/mol. The molecule has 2 bridgehead atoms. The van der Waals surface area contributed by atoms with Crippen LogP contribution >= 0.6 is 0 Å². The van der Waals surface area contributed by atoms with Crippen molar-refractivity contribution in [2.24, 2.45) is 0 Å². The van der Waals surface area contributed by atoms with Crippen molar-refractivity contribution in [3.63, 3.8) is 0 Å². The number of likely N-dealkylation sites (tertiary alicyclic amines) is 1. The summed E-state index contributed by atoms with van der Waals surface area (Å²) in [6.45, 7) is 0.378. The Labute approximate surface area is 200 Å². The minimum absolute atomic E-state index is 0.126. The summed E-state index contributed by atoms with van der Waals surface area (Å²) in [5.41, 5.74) is 1.33. The van der Waals surface area contributed by atoms with E-state index in [0.717, 1.165) is 10.8 Å². The van der Waals surface area contributed by atoms with E-state index in [4.69, 9.17) is 9.47 Å². The number of hydrogen-bond donors (Lipinski definition) is 2. The number of benzene rings is 3. The fourth-order valence-electron chi connectivity index (χ4n) is 5.37. The standard InChI is InChI=1S/C26H24N4O5/c1-34-18-10-16(11-19(13-18)35-2)27-25(32)28-14-17-12-22(28)23-24(31)30(26(33)29(17)23)21-9-5-7-15-6-3-4-8-20(15)21/h3-11,13,17,22,31H,12,14H2,1-2H3,(H,27,32). The lowest BCUT2D eigenvalue weighted by atomic mass is 10.1. The Kier molecular flexibility index (Phi) is 4.73. The van der Waals surface area contributed by atoms with Crippen molar-refractivity contribution >= 4 is 22.5 Å². The fraction of sp³-hybridized carbons (Fsp3) is 0.231. The number of rotatable bonds is 4. The predicted octanol–water partition coefficient (Wildman–Crippen LogP) is 4.05. The fourth-order valence-corrected chi connectivity index (χ4v) is 5.37. The first-order valence-electron chi connectivity index (χ1n) is 11.3. The molecule has 0 radical (unpaired) electrons. The minimum atomic E-state index is -0.406. The Morgan fingerprint density at radius 3 is 2.49 bits per heavy atom. The van der Waals surface area contributed by atoms with Gasteiger partial charge in [-0.05, 0) is 17.9 Å². The van der Waals surface area contributed by atoms with Crippen LogP contribution in [0.1, 0.15) is 24.2 Å². The number of hydrogen-bond acceptors (Lipinski definition) is 5. The Morgan fingerprint density at radius 1 is 1.03 bits per heavy atom. The third kappa shape index (κ3) is 3.15. The van der Waals surface area contributed by atoms with Crippen molar-refractivity contribution in [1.82, 2.24) is 14.0 Å². The summed E-state index contributed by atoms with van der Waals surface area (Å²) >= 11 is 0. The lowest BCUT2D eigenvalue weighted by Gasteiger charge is -2.28. The average molecular weight is 473 g/mol. The summed E-state index contributed by atoms with van der Waals surface area (Å²) in [6, 6.07) is 17.6. The van der Waals surface area contributed by atoms with Gasteiger partial charge >= 0.3 is 11.7 Å². The van der Waals surface area contributed by atoms with Gasteiger partial charge in [-0.1, -0.05) is 36.4 Å². The normalized spacial score (nSPS) is 18.1. The molecule has 2 aliphatic rings. The molecule has 0 saturated carbocycles. The van der Waals surface area contributed by atoms with Crippen LogP contribution in [0.3, 0.4) is 0 Å². The van der Waals surface area contributed by atoms with E-state index in [1.54, 1.807) is 41.9 Å². The quantitative estimate of drug-likeness (QED) is 0.467. The highest BCUT2D eigenvalue weighted by atomic mass is 16.5. The van der Waals surface area contributed by atoms with E-state index in [2.05, 4.69) is 5.32 Å². The van der Waals surface area contributed by atoms with Crippen molar-refractivity contribution in [3.05, 3.63) is 76.8 Å². The van der Waals surface area contributed by atoms with Gasteiger partial charge in [0.1, 0.15) is 17.2 Å². The molecule has 2 atom stereocenters. The molecule has 1 aromatic heterocycles. The number of aromatic nitrogens is 2. The van der Waals surface area contributed by atoms with Gasteiger partial charge in [0.2, 0.25) is 5.88 Å². The number of carbonyl (C=O) groups is 1. The molecule has 9 heteroatoms. The van der Waals surface area contributed by atoms with Crippen LogP contribution in [0.15, 0.2) is 65.5 Å². The molecule has 0 aliphatic carbocycles. The Hall–Kier alpha value is -4.40. The topological polar surface area (TPSA) is 98.0 Å². The number of fused-ring (bicyclic) bond motifs is 6. The monoisotopic (exact) mass is 472 g/mol. The highest BCUT2D eigenvalue weighted by Crippen LogP contribution is 2.49. The maximum atomic E-state index is 13.4. The number of anilines is 1. The molecule has 2 amide bonds. The molecule has 1 fully saturated rings. The zero-order valence-electron chi connectivity index (χ0n) is 19.3. The second kappa shape index (κ2) is 7.83. The van der Waals surface area contributed by atoms with E-state index in [0.29, 0.717) is 41.5 Å². The molecule has 4 aromatic rings. The third-order valence-electron chi connectivity index (χ3n) is 6.93. The molecule has 9 nitrogen and oxygen atoms in total. The number of carbonyl (C=O) groups excluding carboxylic acids is 1. The summed E-state index contributed by atoms with van der Waals surface area (Å²) in [5.74, 6) is 0.988. The zero-order chi connectivity index (χ0) is 24.3. The van der Waals surface area contributed by atoms with Gasteiger partial charge in [-0.2, -0.15) is 0 Å². The first-order valence-corrected chi connectivity index (χ1v) is 11.3.